The molecular weight excluding hydrogens is 442 g/mol. The molecule has 3 aromatic rings. The molecule has 2 aliphatic rings. The zero-order chi connectivity index (χ0) is 22.9. The Bertz CT molecular complexity index is 1180. The van der Waals surface area contributed by atoms with E-state index in [0.29, 0.717) is 0 Å². The first kappa shape index (κ1) is 21.4. The molecule has 1 heterocycles. The van der Waals surface area contributed by atoms with Gasteiger partial charge in [0, 0.05) is 18.2 Å². The van der Waals surface area contributed by atoms with Gasteiger partial charge in [0.2, 0.25) is 5.28 Å². The topological polar surface area (TPSA) is 92.6 Å². The lowest BCUT2D eigenvalue weighted by Crippen LogP contribution is -2.41. The average Bonchev–Trinajstić information content (AvgIpc) is 3.44. The van der Waals surface area contributed by atoms with Gasteiger partial charge in [-0.3, -0.25) is 4.90 Å². The van der Waals surface area contributed by atoms with Crippen LogP contribution in [-0.4, -0.2) is 39.8 Å². The van der Waals surface area contributed by atoms with Crippen molar-refractivity contribution >= 4 is 29.5 Å². The first-order valence-electron chi connectivity index (χ1n) is 10.9. The molecule has 0 bridgehead atoms. The Morgan fingerprint density at radius 3 is 2.24 bits per heavy atom. The number of benzene rings is 2. The molecule has 1 N–H and O–H groups in total. The second-order valence-corrected chi connectivity index (χ2v) is 8.63. The highest BCUT2D eigenvalue weighted by Crippen LogP contribution is 2.44. The number of nitrogens with zero attached hydrogens (tertiary/aromatic N) is 3. The molecule has 1 amide bonds. The standard InChI is InChI=1S/C25H22ClN3O4/c26-24-27-13-20(23(30)31)22(28-24)29(15-7-1-2-8-15)25(32)33-14-21-18-11-5-3-9-16(18)17-10-4-6-12-19(17)21/h3-6,9-13,15,21H,1-2,7-8,14H2,(H,30,31). The van der Waals surface area contributed by atoms with Gasteiger partial charge in [-0.25, -0.2) is 14.6 Å². The molecule has 0 spiro atoms. The van der Waals surface area contributed by atoms with Gasteiger partial charge in [-0.05, 0) is 46.7 Å². The minimum absolute atomic E-state index is 0.0216. The number of carbonyl (C=O) groups is 2. The van der Waals surface area contributed by atoms with Gasteiger partial charge in [0.05, 0.1) is 0 Å². The fourth-order valence-corrected chi connectivity index (χ4v) is 5.05. The molecule has 33 heavy (non-hydrogen) atoms. The molecule has 0 atom stereocenters. The van der Waals surface area contributed by atoms with Crippen LogP contribution in [0, 0.1) is 0 Å². The van der Waals surface area contributed by atoms with E-state index in [2.05, 4.69) is 34.2 Å². The molecule has 1 saturated carbocycles. The summed E-state index contributed by atoms with van der Waals surface area (Å²) in [6, 6.07) is 16.0. The third-order valence-corrected chi connectivity index (χ3v) is 6.60. The minimum Gasteiger partial charge on any atom is -0.477 e. The zero-order valence-corrected chi connectivity index (χ0v) is 18.5. The van der Waals surface area contributed by atoms with Crippen LogP contribution in [0.3, 0.4) is 0 Å². The molecule has 0 unspecified atom stereocenters. The molecular formula is C25H22ClN3O4. The van der Waals surface area contributed by atoms with Crippen molar-refractivity contribution < 1.29 is 19.4 Å². The molecule has 1 aromatic heterocycles. The predicted octanol–water partition coefficient (Wildman–Crippen LogP) is 5.53. The van der Waals surface area contributed by atoms with Crippen molar-refractivity contribution in [2.24, 2.45) is 0 Å². The van der Waals surface area contributed by atoms with E-state index in [1.54, 1.807) is 0 Å². The van der Waals surface area contributed by atoms with Crippen LogP contribution < -0.4 is 4.90 Å². The number of hydrogen-bond acceptors (Lipinski definition) is 5. The van der Waals surface area contributed by atoms with E-state index < -0.39 is 12.1 Å². The summed E-state index contributed by atoms with van der Waals surface area (Å²) in [5.41, 5.74) is 4.31. The van der Waals surface area contributed by atoms with Crippen molar-refractivity contribution in [3.8, 4) is 11.1 Å². The first-order valence-corrected chi connectivity index (χ1v) is 11.3. The Kier molecular flexibility index (Phi) is 5.72. The molecule has 8 heteroatoms. The van der Waals surface area contributed by atoms with Gasteiger partial charge in [-0.1, -0.05) is 61.4 Å². The number of fused-ring (bicyclic) bond motifs is 3. The van der Waals surface area contributed by atoms with Gasteiger partial charge in [0.15, 0.2) is 5.82 Å². The lowest BCUT2D eigenvalue weighted by atomic mass is 9.98. The Morgan fingerprint density at radius 2 is 1.64 bits per heavy atom. The number of ether oxygens (including phenoxy) is 1. The van der Waals surface area contributed by atoms with E-state index in [4.69, 9.17) is 16.3 Å². The van der Waals surface area contributed by atoms with Crippen LogP contribution in [0.1, 0.15) is 53.1 Å². The van der Waals surface area contributed by atoms with Gasteiger partial charge in [-0.2, -0.15) is 4.98 Å². The largest absolute Gasteiger partial charge is 0.477 e. The van der Waals surface area contributed by atoms with Crippen LogP contribution in [0.25, 0.3) is 11.1 Å². The van der Waals surface area contributed by atoms with Crippen LogP contribution >= 0.6 is 11.6 Å². The summed E-state index contributed by atoms with van der Waals surface area (Å²) >= 11 is 5.98. The normalized spacial score (nSPS) is 15.2. The van der Waals surface area contributed by atoms with Crippen LogP contribution in [0.2, 0.25) is 5.28 Å². The lowest BCUT2D eigenvalue weighted by Gasteiger charge is -2.28. The number of anilines is 1. The average molecular weight is 464 g/mol. The third kappa shape index (κ3) is 3.93. The summed E-state index contributed by atoms with van der Waals surface area (Å²) in [5, 5.41) is 9.53. The molecule has 5 rings (SSSR count). The lowest BCUT2D eigenvalue weighted by molar-refractivity contribution is 0.0696. The van der Waals surface area contributed by atoms with E-state index in [1.165, 1.54) is 4.90 Å². The van der Waals surface area contributed by atoms with E-state index in [0.717, 1.165) is 54.1 Å². The molecule has 1 fully saturated rings. The quantitative estimate of drug-likeness (QED) is 0.500. The monoisotopic (exact) mass is 463 g/mol. The number of halogens is 1. The van der Waals surface area contributed by atoms with Gasteiger partial charge < -0.3 is 9.84 Å². The maximum Gasteiger partial charge on any atom is 0.415 e. The Hall–Kier alpha value is -3.45. The number of rotatable bonds is 5. The number of carbonyl (C=O) groups excluding carboxylic acids is 1. The molecule has 2 aliphatic carbocycles. The SMILES string of the molecule is O=C(O)c1cnc(Cl)nc1N(C(=O)OCC1c2ccccc2-c2ccccc21)C1CCCC1. The molecule has 7 nitrogen and oxygen atoms in total. The van der Waals surface area contributed by atoms with Gasteiger partial charge >= 0.3 is 12.1 Å². The zero-order valence-electron chi connectivity index (χ0n) is 17.8. The Morgan fingerprint density at radius 1 is 1.03 bits per heavy atom. The van der Waals surface area contributed by atoms with Gasteiger partial charge in [-0.15, -0.1) is 0 Å². The fourth-order valence-electron chi connectivity index (χ4n) is 4.92. The molecule has 0 radical (unpaired) electrons. The number of amides is 1. The summed E-state index contributed by atoms with van der Waals surface area (Å²) < 4.78 is 5.83. The number of aromatic carboxylic acids is 1. The van der Waals surface area contributed by atoms with Crippen LogP contribution in [-0.2, 0) is 4.74 Å². The second-order valence-electron chi connectivity index (χ2n) is 8.29. The molecule has 0 aliphatic heterocycles. The van der Waals surface area contributed by atoms with E-state index >= 15 is 0 Å². The van der Waals surface area contributed by atoms with E-state index in [-0.39, 0.29) is 35.2 Å². The maximum absolute atomic E-state index is 13.4. The van der Waals surface area contributed by atoms with Crippen LogP contribution in [0.4, 0.5) is 10.6 Å². The summed E-state index contributed by atoms with van der Waals surface area (Å²) in [7, 11) is 0. The Balaban J connectivity index is 1.45. The van der Waals surface area contributed by atoms with Crippen molar-refractivity contribution in [1.82, 2.24) is 9.97 Å². The number of carboxylic acid groups (broad SMARTS) is 1. The summed E-state index contributed by atoms with van der Waals surface area (Å²) in [5.74, 6) is -1.34. The molecule has 2 aromatic carbocycles. The first-order chi connectivity index (χ1) is 16.0. The highest BCUT2D eigenvalue weighted by atomic mass is 35.5. The maximum atomic E-state index is 13.4. The van der Waals surface area contributed by atoms with Gasteiger partial charge in [0.25, 0.3) is 0 Å². The highest BCUT2D eigenvalue weighted by Gasteiger charge is 2.35. The fraction of sp³-hybridized carbons (Fsp3) is 0.280. The minimum atomic E-state index is -1.23. The number of hydrogen-bond donors (Lipinski definition) is 1. The molecule has 168 valence electrons. The van der Waals surface area contributed by atoms with Crippen molar-refractivity contribution in [2.45, 2.75) is 37.6 Å². The van der Waals surface area contributed by atoms with Crippen molar-refractivity contribution in [1.29, 1.82) is 0 Å². The van der Waals surface area contributed by atoms with Crippen molar-refractivity contribution in [3.63, 3.8) is 0 Å². The summed E-state index contributed by atoms with van der Waals surface area (Å²) in [6.07, 6.45) is 3.88. The predicted molar refractivity (Wildman–Crippen MR) is 124 cm³/mol. The van der Waals surface area contributed by atoms with Crippen molar-refractivity contribution in [3.05, 3.63) is 76.7 Å². The Labute approximate surface area is 196 Å². The van der Waals surface area contributed by atoms with Crippen LogP contribution in [0.5, 0.6) is 0 Å². The van der Waals surface area contributed by atoms with Crippen LogP contribution in [0.15, 0.2) is 54.7 Å². The van der Waals surface area contributed by atoms with E-state index in [9.17, 15) is 14.7 Å². The van der Waals surface area contributed by atoms with Crippen molar-refractivity contribution in [2.75, 3.05) is 11.5 Å². The third-order valence-electron chi connectivity index (χ3n) is 6.42. The van der Waals surface area contributed by atoms with Gasteiger partial charge in [0.1, 0.15) is 12.2 Å². The molecule has 0 saturated heterocycles. The second kappa shape index (κ2) is 8.83. The number of carboxylic acids is 1. The number of aromatic nitrogens is 2. The smallest absolute Gasteiger partial charge is 0.415 e. The van der Waals surface area contributed by atoms with E-state index in [1.807, 2.05) is 24.3 Å². The summed E-state index contributed by atoms with van der Waals surface area (Å²) in [4.78, 5) is 34.5. The summed E-state index contributed by atoms with van der Waals surface area (Å²) in [6.45, 7) is 0.136. The highest BCUT2D eigenvalue weighted by molar-refractivity contribution is 6.28.